The molecule has 6 nitrogen and oxygen atoms in total. The number of benzene rings is 1. The Labute approximate surface area is 181 Å². The van der Waals surface area contributed by atoms with Gasteiger partial charge in [0.15, 0.2) is 0 Å². The Morgan fingerprint density at radius 3 is 2.60 bits per heavy atom. The summed E-state index contributed by atoms with van der Waals surface area (Å²) in [6, 6.07) is 7.97. The Bertz CT molecular complexity index is 874. The molecule has 1 aromatic carbocycles. The summed E-state index contributed by atoms with van der Waals surface area (Å²) in [4.78, 5) is 32.1. The van der Waals surface area contributed by atoms with Crippen molar-refractivity contribution in [1.82, 2.24) is 15.2 Å². The van der Waals surface area contributed by atoms with E-state index in [-0.39, 0.29) is 17.7 Å². The third-order valence-electron chi connectivity index (χ3n) is 6.09. The summed E-state index contributed by atoms with van der Waals surface area (Å²) in [7, 11) is 1.64. The van der Waals surface area contributed by atoms with Crippen LogP contribution in [-0.2, 0) is 4.79 Å². The molecule has 4 rings (SSSR count). The Balaban J connectivity index is 1.38. The lowest BCUT2D eigenvalue weighted by Crippen LogP contribution is -2.48. The quantitative estimate of drug-likeness (QED) is 0.779. The molecule has 1 aliphatic heterocycles. The highest BCUT2D eigenvalue weighted by Gasteiger charge is 2.31. The van der Waals surface area contributed by atoms with Crippen LogP contribution in [0.4, 0.5) is 0 Å². The van der Waals surface area contributed by atoms with Crippen LogP contribution in [0.15, 0.2) is 29.6 Å². The fourth-order valence-corrected chi connectivity index (χ4v) is 5.14. The molecule has 30 heavy (non-hydrogen) atoms. The minimum atomic E-state index is -0.121. The Kier molecular flexibility index (Phi) is 6.67. The van der Waals surface area contributed by atoms with Crippen molar-refractivity contribution in [3.05, 3.63) is 35.3 Å². The number of ether oxygens (including phenoxy) is 1. The smallest absolute Gasteiger partial charge is 0.273 e. The minimum Gasteiger partial charge on any atom is -0.497 e. The van der Waals surface area contributed by atoms with Gasteiger partial charge in [0.25, 0.3) is 5.91 Å². The van der Waals surface area contributed by atoms with Crippen molar-refractivity contribution >= 4 is 23.2 Å². The molecule has 2 heterocycles. The number of thiazole rings is 1. The second kappa shape index (κ2) is 9.60. The second-order valence-electron chi connectivity index (χ2n) is 8.20. The van der Waals surface area contributed by atoms with Gasteiger partial charge in [0.05, 0.1) is 13.0 Å². The number of methoxy groups -OCH3 is 1. The maximum absolute atomic E-state index is 13.0. The summed E-state index contributed by atoms with van der Waals surface area (Å²) in [6.45, 7) is 1.16. The van der Waals surface area contributed by atoms with Crippen LogP contribution in [0.1, 0.15) is 55.4 Å². The number of amides is 2. The Morgan fingerprint density at radius 1 is 1.10 bits per heavy atom. The van der Waals surface area contributed by atoms with Crippen LogP contribution in [0, 0.1) is 5.92 Å². The molecule has 7 heteroatoms. The first-order valence-corrected chi connectivity index (χ1v) is 11.7. The van der Waals surface area contributed by atoms with Crippen molar-refractivity contribution < 1.29 is 14.3 Å². The van der Waals surface area contributed by atoms with Crippen LogP contribution in [0.2, 0.25) is 0 Å². The van der Waals surface area contributed by atoms with Crippen molar-refractivity contribution in [2.45, 2.75) is 51.0 Å². The van der Waals surface area contributed by atoms with E-state index in [0.29, 0.717) is 24.8 Å². The van der Waals surface area contributed by atoms with Crippen molar-refractivity contribution in [2.75, 3.05) is 20.2 Å². The van der Waals surface area contributed by atoms with Gasteiger partial charge in [-0.3, -0.25) is 9.59 Å². The first kappa shape index (κ1) is 20.8. The number of piperidine rings is 1. The lowest BCUT2D eigenvalue weighted by atomic mass is 9.93. The van der Waals surface area contributed by atoms with Crippen molar-refractivity contribution in [3.63, 3.8) is 0 Å². The van der Waals surface area contributed by atoms with E-state index in [1.54, 1.807) is 12.0 Å². The number of rotatable bonds is 5. The third kappa shape index (κ3) is 4.83. The first-order chi connectivity index (χ1) is 14.6. The summed E-state index contributed by atoms with van der Waals surface area (Å²) in [5.74, 6) is 0.694. The van der Waals surface area contributed by atoms with Gasteiger partial charge >= 0.3 is 0 Å². The van der Waals surface area contributed by atoms with Gasteiger partial charge in [0.2, 0.25) is 5.91 Å². The van der Waals surface area contributed by atoms with E-state index in [4.69, 9.17) is 4.74 Å². The molecule has 2 aromatic rings. The number of carbonyl (C=O) groups excluding carboxylic acids is 2. The molecule has 2 amide bonds. The molecule has 0 bridgehead atoms. The molecule has 1 aromatic heterocycles. The van der Waals surface area contributed by atoms with Crippen LogP contribution < -0.4 is 10.1 Å². The predicted octanol–water partition coefficient (Wildman–Crippen LogP) is 4.12. The Hall–Kier alpha value is -2.41. The van der Waals surface area contributed by atoms with Gasteiger partial charge in [-0.2, -0.15) is 0 Å². The largest absolute Gasteiger partial charge is 0.497 e. The van der Waals surface area contributed by atoms with Crippen LogP contribution in [-0.4, -0.2) is 47.9 Å². The van der Waals surface area contributed by atoms with Crippen LogP contribution in [0.5, 0.6) is 5.75 Å². The van der Waals surface area contributed by atoms with E-state index < -0.39 is 0 Å². The average Bonchev–Trinajstić information content (AvgIpc) is 3.30. The maximum Gasteiger partial charge on any atom is 0.273 e. The van der Waals surface area contributed by atoms with E-state index in [1.807, 2.05) is 29.6 Å². The van der Waals surface area contributed by atoms with Gasteiger partial charge in [0.1, 0.15) is 16.5 Å². The van der Waals surface area contributed by atoms with Gasteiger partial charge in [-0.15, -0.1) is 11.3 Å². The molecule has 0 spiro atoms. The molecule has 1 unspecified atom stereocenters. The highest BCUT2D eigenvalue weighted by molar-refractivity contribution is 7.13. The topological polar surface area (TPSA) is 71.5 Å². The number of aromatic nitrogens is 1. The van der Waals surface area contributed by atoms with E-state index in [1.165, 1.54) is 30.6 Å². The molecule has 1 saturated carbocycles. The van der Waals surface area contributed by atoms with Gasteiger partial charge in [-0.05, 0) is 49.9 Å². The summed E-state index contributed by atoms with van der Waals surface area (Å²) in [6.07, 6.45) is 7.51. The number of nitrogens with zero attached hydrogens (tertiary/aromatic N) is 2. The maximum atomic E-state index is 13.0. The molecule has 160 valence electrons. The average molecular weight is 428 g/mol. The van der Waals surface area contributed by atoms with Gasteiger partial charge in [0, 0.05) is 30.1 Å². The number of nitrogens with one attached hydrogen (secondary N) is 1. The normalized spacial score (nSPS) is 20.0. The van der Waals surface area contributed by atoms with E-state index in [0.717, 1.165) is 42.0 Å². The monoisotopic (exact) mass is 427 g/mol. The number of hydrogen-bond donors (Lipinski definition) is 1. The SMILES string of the molecule is COc1ccc(-c2nc(C(=O)N3CCCC(C(=O)NC4CCCCC4)C3)cs2)cc1. The van der Waals surface area contributed by atoms with Crippen molar-refractivity contribution in [2.24, 2.45) is 5.92 Å². The van der Waals surface area contributed by atoms with Gasteiger partial charge in [-0.1, -0.05) is 19.3 Å². The zero-order valence-electron chi connectivity index (χ0n) is 17.4. The number of hydrogen-bond acceptors (Lipinski definition) is 5. The highest BCUT2D eigenvalue weighted by Crippen LogP contribution is 2.27. The second-order valence-corrected chi connectivity index (χ2v) is 9.06. The summed E-state index contributed by atoms with van der Waals surface area (Å²) >= 11 is 1.46. The molecular formula is C23H29N3O3S. The van der Waals surface area contributed by atoms with Crippen molar-refractivity contribution in [3.8, 4) is 16.3 Å². The highest BCUT2D eigenvalue weighted by atomic mass is 32.1. The first-order valence-electron chi connectivity index (χ1n) is 10.8. The third-order valence-corrected chi connectivity index (χ3v) is 6.98. The standard InChI is InChI=1S/C23H29N3O3S/c1-29-19-11-9-16(10-12-19)22-25-20(15-30-22)23(28)26-13-5-6-17(14-26)21(27)24-18-7-3-2-4-8-18/h9-12,15,17-18H,2-8,13-14H2,1H3,(H,24,27). The molecule has 1 saturated heterocycles. The molecule has 1 aliphatic carbocycles. The molecule has 2 fully saturated rings. The summed E-state index contributed by atoms with van der Waals surface area (Å²) < 4.78 is 5.19. The fraction of sp³-hybridized carbons (Fsp3) is 0.522. The van der Waals surface area contributed by atoms with Crippen molar-refractivity contribution in [1.29, 1.82) is 0 Å². The zero-order chi connectivity index (χ0) is 20.9. The molecule has 0 radical (unpaired) electrons. The number of carbonyl (C=O) groups is 2. The lowest BCUT2D eigenvalue weighted by molar-refractivity contribution is -0.127. The molecule has 1 atom stereocenters. The van der Waals surface area contributed by atoms with E-state index in [2.05, 4.69) is 10.3 Å². The van der Waals surface area contributed by atoms with Gasteiger partial charge < -0.3 is 15.0 Å². The molecular weight excluding hydrogens is 398 g/mol. The molecule has 2 aliphatic rings. The van der Waals surface area contributed by atoms with Crippen LogP contribution in [0.3, 0.4) is 0 Å². The summed E-state index contributed by atoms with van der Waals surface area (Å²) in [5, 5.41) is 5.84. The van der Waals surface area contributed by atoms with Crippen LogP contribution in [0.25, 0.3) is 10.6 Å². The van der Waals surface area contributed by atoms with E-state index >= 15 is 0 Å². The Morgan fingerprint density at radius 2 is 1.87 bits per heavy atom. The fourth-order valence-electron chi connectivity index (χ4n) is 4.34. The van der Waals surface area contributed by atoms with Gasteiger partial charge in [-0.25, -0.2) is 4.98 Å². The predicted molar refractivity (Wildman–Crippen MR) is 118 cm³/mol. The summed E-state index contributed by atoms with van der Waals surface area (Å²) in [5.41, 5.74) is 1.42. The lowest BCUT2D eigenvalue weighted by Gasteiger charge is -2.33. The van der Waals surface area contributed by atoms with Crippen LogP contribution >= 0.6 is 11.3 Å². The van der Waals surface area contributed by atoms with E-state index in [9.17, 15) is 9.59 Å². The zero-order valence-corrected chi connectivity index (χ0v) is 18.2. The number of likely N-dealkylation sites (tertiary alicyclic amines) is 1. The molecule has 1 N–H and O–H groups in total. The minimum absolute atomic E-state index is 0.0822.